The van der Waals surface area contributed by atoms with E-state index in [4.69, 9.17) is 0 Å². The van der Waals surface area contributed by atoms with Gasteiger partial charge in [0.05, 0.1) is 0 Å². The Kier molecular flexibility index (Phi) is 6.87. The first-order valence-electron chi connectivity index (χ1n) is 5.90. The van der Waals surface area contributed by atoms with Crippen molar-refractivity contribution in [1.82, 2.24) is 0 Å². The molecule has 0 aromatic heterocycles. The Morgan fingerprint density at radius 1 is 0.419 bits per heavy atom. The molecule has 0 saturated heterocycles. The van der Waals surface area contributed by atoms with Crippen LogP contribution in [0, 0.1) is 0 Å². The van der Waals surface area contributed by atoms with Crippen LogP contribution in [-0.4, -0.2) is 63.5 Å². The second-order valence-corrected chi connectivity index (χ2v) is 12.0. The van der Waals surface area contributed by atoms with E-state index in [1.165, 1.54) is 0 Å². The minimum absolute atomic E-state index is 6.74. The first kappa shape index (κ1) is 29.8. The molecule has 0 N–H and O–H groups in total. The molecular weight excluding hydrogens is 561 g/mol. The van der Waals surface area contributed by atoms with E-state index in [0.29, 0.717) is 0 Å². The number of halogens is 15. The highest BCUT2D eigenvalue weighted by Crippen LogP contribution is 2.56. The molecule has 24 heteroatoms. The quantitative estimate of drug-likeness (QED) is 0.462. The highest BCUT2D eigenvalue weighted by atomic mass is 32.3. The maximum absolute atomic E-state index is 13.5. The molecule has 0 aromatic rings. The van der Waals surface area contributed by atoms with Crippen molar-refractivity contribution in [2.45, 2.75) is 38.2 Å². The van der Waals surface area contributed by atoms with E-state index >= 15 is 0 Å². The van der Waals surface area contributed by atoms with Gasteiger partial charge in [0.2, 0.25) is 0 Å². The van der Waals surface area contributed by atoms with Gasteiger partial charge in [-0.2, -0.15) is 65.9 Å². The second kappa shape index (κ2) is 7.15. The molecular formula is C7HF15O6S3. The Labute approximate surface area is 159 Å². The second-order valence-electron chi connectivity index (χ2n) is 4.98. The van der Waals surface area contributed by atoms with Crippen LogP contribution in [0.3, 0.4) is 0 Å². The Bertz CT molecular complexity index is 966. The Hall–Kier alpha value is -1.20. The van der Waals surface area contributed by atoms with Crippen LogP contribution in [0.5, 0.6) is 0 Å². The summed E-state index contributed by atoms with van der Waals surface area (Å²) in [4.78, 5) is 0. The van der Waals surface area contributed by atoms with Crippen LogP contribution in [0.1, 0.15) is 0 Å². The average molecular weight is 562 g/mol. The van der Waals surface area contributed by atoms with E-state index in [2.05, 4.69) is 0 Å². The highest BCUT2D eigenvalue weighted by Gasteiger charge is 2.88. The number of rotatable bonds is 6. The lowest BCUT2D eigenvalue weighted by Gasteiger charge is -2.34. The van der Waals surface area contributed by atoms with E-state index in [9.17, 15) is 91.1 Å². The van der Waals surface area contributed by atoms with Crippen molar-refractivity contribution in [3.63, 3.8) is 0 Å². The van der Waals surface area contributed by atoms with Gasteiger partial charge < -0.3 is 0 Å². The van der Waals surface area contributed by atoms with Crippen LogP contribution < -0.4 is 0 Å². The molecule has 188 valence electrons. The molecule has 0 radical (unpaired) electrons. The van der Waals surface area contributed by atoms with Gasteiger partial charge in [-0.05, 0) is 0 Å². The van der Waals surface area contributed by atoms with Crippen molar-refractivity contribution in [2.75, 3.05) is 0 Å². The lowest BCUT2D eigenvalue weighted by molar-refractivity contribution is -0.382. The third kappa shape index (κ3) is 4.13. The van der Waals surface area contributed by atoms with Gasteiger partial charge in [-0.25, -0.2) is 25.3 Å². The van der Waals surface area contributed by atoms with E-state index in [-0.39, 0.29) is 0 Å². The number of hydrogen-bond acceptors (Lipinski definition) is 6. The van der Waals surface area contributed by atoms with Crippen molar-refractivity contribution >= 4 is 29.5 Å². The summed E-state index contributed by atoms with van der Waals surface area (Å²) >= 11 is 0. The van der Waals surface area contributed by atoms with Crippen LogP contribution in [0.4, 0.5) is 65.9 Å². The van der Waals surface area contributed by atoms with Crippen LogP contribution in [-0.2, 0) is 29.5 Å². The van der Waals surface area contributed by atoms with Crippen LogP contribution in [0.2, 0.25) is 0 Å². The maximum atomic E-state index is 13.5. The summed E-state index contributed by atoms with van der Waals surface area (Å²) in [7, 11) is -26.7. The zero-order valence-electron chi connectivity index (χ0n) is 12.9. The molecule has 6 nitrogen and oxygen atoms in total. The molecule has 0 aliphatic rings. The lowest BCUT2D eigenvalue weighted by atomic mass is 10.1. The fraction of sp³-hybridized carbons (Fsp3) is 1.00. The van der Waals surface area contributed by atoms with E-state index in [1.807, 2.05) is 0 Å². The van der Waals surface area contributed by atoms with Gasteiger partial charge in [-0.15, -0.1) is 0 Å². The van der Waals surface area contributed by atoms with Gasteiger partial charge in [0.1, 0.15) is 0 Å². The van der Waals surface area contributed by atoms with Gasteiger partial charge in [0.25, 0.3) is 33.4 Å². The molecule has 0 aromatic carbocycles. The zero-order chi connectivity index (χ0) is 26.1. The first-order valence-corrected chi connectivity index (χ1v) is 10.5. The molecule has 0 amide bonds. The van der Waals surface area contributed by atoms with Gasteiger partial charge >= 0.3 is 34.3 Å². The molecule has 0 fully saturated rings. The third-order valence-electron chi connectivity index (χ3n) is 2.88. The summed E-state index contributed by atoms with van der Waals surface area (Å²) in [5, 5.41) is -8.49. The fourth-order valence-corrected chi connectivity index (χ4v) is 8.58. The van der Waals surface area contributed by atoms with Gasteiger partial charge in [-0.1, -0.05) is 0 Å². The fourth-order valence-electron chi connectivity index (χ4n) is 1.38. The Morgan fingerprint density at radius 2 is 0.677 bits per heavy atom. The topological polar surface area (TPSA) is 102 Å². The van der Waals surface area contributed by atoms with Crippen molar-refractivity contribution in [3.8, 4) is 0 Å². The van der Waals surface area contributed by atoms with Crippen molar-refractivity contribution in [1.29, 1.82) is 0 Å². The summed E-state index contributed by atoms with van der Waals surface area (Å²) in [5.74, 6) is -16.8. The molecule has 0 saturated carbocycles. The molecule has 0 aliphatic carbocycles. The summed E-state index contributed by atoms with van der Waals surface area (Å²) in [6.07, 6.45) is -7.85. The predicted octanol–water partition coefficient (Wildman–Crippen LogP) is 2.98. The largest absolute Gasteiger partial charge is 0.499 e. The monoisotopic (exact) mass is 562 g/mol. The molecule has 0 bridgehead atoms. The Morgan fingerprint density at radius 3 is 0.871 bits per heavy atom. The van der Waals surface area contributed by atoms with Crippen molar-refractivity contribution in [2.24, 2.45) is 0 Å². The minimum Gasteiger partial charge on any atom is -0.220 e. The molecule has 0 rings (SSSR count). The van der Waals surface area contributed by atoms with E-state index in [0.717, 1.165) is 0 Å². The average Bonchev–Trinajstić information content (AvgIpc) is 2.41. The van der Waals surface area contributed by atoms with Crippen LogP contribution in [0.25, 0.3) is 0 Å². The van der Waals surface area contributed by atoms with Gasteiger partial charge in [-0.3, -0.25) is 0 Å². The smallest absolute Gasteiger partial charge is 0.220 e. The lowest BCUT2D eigenvalue weighted by Crippen LogP contribution is -2.66. The SMILES string of the molecule is O=S(=O)(C(S(=O)(=O)C(F)(F)F)S(=O)(=O)C(F)(F)C(F)(F)C(F)(F)C(F)(F)F)C(F)(F)F. The standard InChI is InChI=1S/C7HF15O6S3/c8-2(9,4(12,13)14)3(10,11)5(15,16)29(23,24)1(30(25,26)6(17,18)19)31(27,28)7(20,21)22/h1H. The molecule has 0 atom stereocenters. The van der Waals surface area contributed by atoms with Gasteiger partial charge in [0, 0.05) is 0 Å². The number of alkyl halides is 15. The van der Waals surface area contributed by atoms with E-state index in [1.54, 1.807) is 0 Å². The normalized spacial score (nSPS) is 16.6. The summed E-state index contributed by atoms with van der Waals surface area (Å²) in [5.41, 5.74) is -15.1. The minimum atomic E-state index is -9.26. The van der Waals surface area contributed by atoms with Gasteiger partial charge in [0.15, 0.2) is 0 Å². The first-order chi connectivity index (χ1) is 12.9. The summed E-state index contributed by atoms with van der Waals surface area (Å²) in [6.45, 7) is 0. The summed E-state index contributed by atoms with van der Waals surface area (Å²) in [6, 6.07) is 0. The maximum Gasteiger partial charge on any atom is 0.499 e. The predicted molar refractivity (Wildman–Crippen MR) is 63.6 cm³/mol. The third-order valence-corrected chi connectivity index (χ3v) is 11.2. The van der Waals surface area contributed by atoms with Crippen LogP contribution in [0.15, 0.2) is 0 Å². The molecule has 0 spiro atoms. The molecule has 0 unspecified atom stereocenters. The number of sulfone groups is 3. The summed E-state index contributed by atoms with van der Waals surface area (Å²) < 4.78 is 248. The Balaban J connectivity index is 7.58. The van der Waals surface area contributed by atoms with Crippen LogP contribution >= 0.6 is 0 Å². The highest BCUT2D eigenvalue weighted by molar-refractivity contribution is 8.25. The zero-order valence-corrected chi connectivity index (χ0v) is 15.4. The number of hydrogen-bond donors (Lipinski definition) is 0. The molecule has 31 heavy (non-hydrogen) atoms. The molecule has 0 heterocycles. The van der Waals surface area contributed by atoms with Crippen molar-refractivity contribution in [3.05, 3.63) is 0 Å². The van der Waals surface area contributed by atoms with E-state index < -0.39 is 67.7 Å². The van der Waals surface area contributed by atoms with Crippen molar-refractivity contribution < 1.29 is 91.1 Å². The molecule has 0 aliphatic heterocycles.